The van der Waals surface area contributed by atoms with Crippen LogP contribution in [0.15, 0.2) is 12.4 Å². The normalized spacial score (nSPS) is 19.9. The summed E-state index contributed by atoms with van der Waals surface area (Å²) in [7, 11) is 0. The predicted octanol–water partition coefficient (Wildman–Crippen LogP) is 0.812. The lowest BCUT2D eigenvalue weighted by atomic mass is 10.2. The van der Waals surface area contributed by atoms with Gasteiger partial charge in [0, 0.05) is 25.9 Å². The third-order valence-corrected chi connectivity index (χ3v) is 2.73. The first kappa shape index (κ1) is 11.1. The molecule has 0 unspecified atom stereocenters. The second kappa shape index (κ2) is 5.12. The van der Waals surface area contributed by atoms with Crippen LogP contribution < -0.4 is 5.32 Å². The van der Waals surface area contributed by atoms with Gasteiger partial charge in [-0.25, -0.2) is 0 Å². The molecule has 1 amide bonds. The molecule has 5 nitrogen and oxygen atoms in total. The van der Waals surface area contributed by atoms with Gasteiger partial charge in [-0.2, -0.15) is 5.10 Å². The highest BCUT2D eigenvalue weighted by molar-refractivity contribution is 5.93. The molecule has 0 aromatic carbocycles. The molecule has 2 heterocycles. The summed E-state index contributed by atoms with van der Waals surface area (Å²) in [5.74, 6) is -0.0739. The van der Waals surface area contributed by atoms with Crippen LogP contribution >= 0.6 is 0 Å². The molecule has 0 radical (unpaired) electrons. The highest BCUT2D eigenvalue weighted by Gasteiger charge is 2.17. The number of amides is 1. The summed E-state index contributed by atoms with van der Waals surface area (Å²) in [5.41, 5.74) is 0.611. The molecule has 1 atom stereocenters. The first-order valence-electron chi connectivity index (χ1n) is 5.72. The van der Waals surface area contributed by atoms with Gasteiger partial charge in [-0.3, -0.25) is 9.48 Å². The van der Waals surface area contributed by atoms with Gasteiger partial charge in [0.15, 0.2) is 0 Å². The van der Waals surface area contributed by atoms with Crippen molar-refractivity contribution in [2.24, 2.45) is 0 Å². The summed E-state index contributed by atoms with van der Waals surface area (Å²) in [5, 5.41) is 6.92. The topological polar surface area (TPSA) is 56.2 Å². The summed E-state index contributed by atoms with van der Waals surface area (Å²) < 4.78 is 7.17. The van der Waals surface area contributed by atoms with Gasteiger partial charge in [0.05, 0.1) is 17.9 Å². The van der Waals surface area contributed by atoms with Crippen molar-refractivity contribution >= 4 is 5.91 Å². The lowest BCUT2D eigenvalue weighted by Crippen LogP contribution is -2.31. The van der Waals surface area contributed by atoms with Crippen LogP contribution in [0.5, 0.6) is 0 Å². The second-order valence-corrected chi connectivity index (χ2v) is 3.93. The molecule has 88 valence electrons. The van der Waals surface area contributed by atoms with Crippen molar-refractivity contribution in [2.45, 2.75) is 32.4 Å². The first-order chi connectivity index (χ1) is 7.79. The van der Waals surface area contributed by atoms with Gasteiger partial charge in [0.25, 0.3) is 5.91 Å². The average Bonchev–Trinajstić information content (AvgIpc) is 2.96. The molecule has 1 saturated heterocycles. The van der Waals surface area contributed by atoms with Crippen LogP contribution in [0, 0.1) is 0 Å². The number of aromatic nitrogens is 2. The van der Waals surface area contributed by atoms with Crippen molar-refractivity contribution in [3.63, 3.8) is 0 Å². The van der Waals surface area contributed by atoms with Gasteiger partial charge in [-0.05, 0) is 19.8 Å². The number of ether oxygens (including phenoxy) is 1. The van der Waals surface area contributed by atoms with E-state index in [9.17, 15) is 4.79 Å². The minimum absolute atomic E-state index is 0.0739. The van der Waals surface area contributed by atoms with Crippen LogP contribution in [0.3, 0.4) is 0 Å². The zero-order valence-electron chi connectivity index (χ0n) is 9.48. The van der Waals surface area contributed by atoms with Gasteiger partial charge in [-0.1, -0.05) is 0 Å². The maximum Gasteiger partial charge on any atom is 0.254 e. The Morgan fingerprint density at radius 3 is 3.25 bits per heavy atom. The third-order valence-electron chi connectivity index (χ3n) is 2.73. The number of nitrogens with zero attached hydrogens (tertiary/aromatic N) is 2. The summed E-state index contributed by atoms with van der Waals surface area (Å²) in [6.45, 7) is 4.17. The molecular weight excluding hydrogens is 206 g/mol. The minimum atomic E-state index is -0.0739. The van der Waals surface area contributed by atoms with Crippen LogP contribution in [0.1, 0.15) is 30.1 Å². The van der Waals surface area contributed by atoms with E-state index in [-0.39, 0.29) is 12.0 Å². The molecule has 1 fully saturated rings. The molecule has 1 aromatic heterocycles. The number of nitrogens with one attached hydrogen (secondary N) is 1. The van der Waals surface area contributed by atoms with E-state index < -0.39 is 0 Å². The zero-order valence-corrected chi connectivity index (χ0v) is 9.48. The Hall–Kier alpha value is -1.36. The molecule has 1 aliphatic rings. The maximum absolute atomic E-state index is 11.7. The van der Waals surface area contributed by atoms with E-state index in [0.29, 0.717) is 12.1 Å². The minimum Gasteiger partial charge on any atom is -0.376 e. The summed E-state index contributed by atoms with van der Waals surface area (Å²) >= 11 is 0. The van der Waals surface area contributed by atoms with Crippen LogP contribution in [0.25, 0.3) is 0 Å². The van der Waals surface area contributed by atoms with Crippen LogP contribution in [0.2, 0.25) is 0 Å². The number of hydrogen-bond donors (Lipinski definition) is 1. The fourth-order valence-corrected chi connectivity index (χ4v) is 1.77. The van der Waals surface area contributed by atoms with Crippen molar-refractivity contribution < 1.29 is 9.53 Å². The Bertz CT molecular complexity index is 356. The van der Waals surface area contributed by atoms with E-state index in [0.717, 1.165) is 26.0 Å². The number of aryl methyl sites for hydroxylation is 1. The lowest BCUT2D eigenvalue weighted by molar-refractivity contribution is 0.0857. The Morgan fingerprint density at radius 1 is 1.75 bits per heavy atom. The van der Waals surface area contributed by atoms with Gasteiger partial charge >= 0.3 is 0 Å². The van der Waals surface area contributed by atoms with E-state index >= 15 is 0 Å². The fraction of sp³-hybridized carbons (Fsp3) is 0.636. The van der Waals surface area contributed by atoms with E-state index in [4.69, 9.17) is 4.74 Å². The molecule has 0 saturated carbocycles. The van der Waals surface area contributed by atoms with E-state index in [2.05, 4.69) is 10.4 Å². The molecule has 5 heteroatoms. The molecule has 16 heavy (non-hydrogen) atoms. The van der Waals surface area contributed by atoms with Crippen molar-refractivity contribution in [3.8, 4) is 0 Å². The van der Waals surface area contributed by atoms with Crippen molar-refractivity contribution in [1.82, 2.24) is 15.1 Å². The zero-order chi connectivity index (χ0) is 11.4. The summed E-state index contributed by atoms with van der Waals surface area (Å²) in [4.78, 5) is 11.7. The van der Waals surface area contributed by atoms with Gasteiger partial charge in [0.1, 0.15) is 0 Å². The van der Waals surface area contributed by atoms with Crippen LogP contribution in [-0.2, 0) is 11.3 Å². The molecule has 0 bridgehead atoms. The molecule has 0 spiro atoms. The largest absolute Gasteiger partial charge is 0.376 e. The van der Waals surface area contributed by atoms with Gasteiger partial charge in [0.2, 0.25) is 0 Å². The van der Waals surface area contributed by atoms with E-state index in [1.165, 1.54) is 0 Å². The monoisotopic (exact) mass is 223 g/mol. The highest BCUT2D eigenvalue weighted by Crippen LogP contribution is 2.10. The molecule has 1 aromatic rings. The molecule has 2 rings (SSSR count). The average molecular weight is 223 g/mol. The number of rotatable bonds is 4. The van der Waals surface area contributed by atoms with E-state index in [1.807, 2.05) is 6.92 Å². The number of hydrogen-bond acceptors (Lipinski definition) is 3. The molecule has 1 N–H and O–H groups in total. The van der Waals surface area contributed by atoms with Crippen molar-refractivity contribution in [2.75, 3.05) is 13.2 Å². The predicted molar refractivity (Wildman–Crippen MR) is 59.2 cm³/mol. The Morgan fingerprint density at radius 2 is 2.62 bits per heavy atom. The Balaban J connectivity index is 1.82. The second-order valence-electron chi connectivity index (χ2n) is 3.93. The summed E-state index contributed by atoms with van der Waals surface area (Å²) in [6, 6.07) is 0. The van der Waals surface area contributed by atoms with Gasteiger partial charge in [-0.15, -0.1) is 0 Å². The standard InChI is InChI=1S/C11H17N3O2/c1-2-14-8-9(6-13-14)11(15)12-7-10-4-3-5-16-10/h6,8,10H,2-5,7H2,1H3,(H,12,15)/t10-/m0/s1. The quantitative estimate of drug-likeness (QED) is 0.822. The molecule has 0 aliphatic carbocycles. The van der Waals surface area contributed by atoms with Crippen LogP contribution in [0.4, 0.5) is 0 Å². The third kappa shape index (κ3) is 2.61. The smallest absolute Gasteiger partial charge is 0.254 e. The maximum atomic E-state index is 11.7. The summed E-state index contributed by atoms with van der Waals surface area (Å²) in [6.07, 6.45) is 5.66. The van der Waals surface area contributed by atoms with Crippen molar-refractivity contribution in [3.05, 3.63) is 18.0 Å². The fourth-order valence-electron chi connectivity index (χ4n) is 1.77. The van der Waals surface area contributed by atoms with Gasteiger partial charge < -0.3 is 10.1 Å². The van der Waals surface area contributed by atoms with E-state index in [1.54, 1.807) is 17.1 Å². The van der Waals surface area contributed by atoms with Crippen molar-refractivity contribution in [1.29, 1.82) is 0 Å². The molecule has 1 aliphatic heterocycles. The number of carbonyl (C=O) groups excluding carboxylic acids is 1. The Labute approximate surface area is 94.8 Å². The highest BCUT2D eigenvalue weighted by atomic mass is 16.5. The Kier molecular flexibility index (Phi) is 3.56. The SMILES string of the molecule is CCn1cc(C(=O)NC[C@@H]2CCCO2)cn1. The first-order valence-corrected chi connectivity index (χ1v) is 5.72. The molecular formula is C11H17N3O2. The number of carbonyl (C=O) groups is 1. The lowest BCUT2D eigenvalue weighted by Gasteiger charge is -2.09. The van der Waals surface area contributed by atoms with Crippen LogP contribution in [-0.4, -0.2) is 34.9 Å².